The first-order valence-corrected chi connectivity index (χ1v) is 6.66. The molecule has 0 radical (unpaired) electrons. The van der Waals surface area contributed by atoms with Crippen LogP contribution in [0.1, 0.15) is 18.4 Å². The number of nitrogens with one attached hydrogen (secondary N) is 1. The molecule has 1 atom stereocenters. The van der Waals surface area contributed by atoms with Crippen LogP contribution in [0.2, 0.25) is 0 Å². The number of aromatic nitrogens is 3. The number of aliphatic hydroxyl groups excluding tert-OH is 1. The topological polar surface area (TPSA) is 65.0 Å². The normalized spacial score (nSPS) is 20.6. The highest BCUT2D eigenvalue weighted by molar-refractivity contribution is 5.61. The van der Waals surface area contributed by atoms with Crippen molar-refractivity contribution in [3.8, 4) is 11.3 Å². The van der Waals surface area contributed by atoms with Gasteiger partial charge in [0.05, 0.1) is 18.0 Å². The van der Waals surface area contributed by atoms with Gasteiger partial charge in [-0.3, -0.25) is 15.0 Å². The zero-order chi connectivity index (χ0) is 13.1. The van der Waals surface area contributed by atoms with Crippen LogP contribution in [0.15, 0.2) is 30.7 Å². The largest absolute Gasteiger partial charge is 0.392 e. The number of aromatic amines is 1. The predicted octanol–water partition coefficient (Wildman–Crippen LogP) is 1.43. The molecular weight excluding hydrogens is 240 g/mol. The third kappa shape index (κ3) is 2.83. The number of aliphatic hydroxyl groups is 1. The molecule has 100 valence electrons. The summed E-state index contributed by atoms with van der Waals surface area (Å²) in [4.78, 5) is 6.42. The van der Waals surface area contributed by atoms with Gasteiger partial charge in [0.15, 0.2) is 0 Å². The highest BCUT2D eigenvalue weighted by Gasteiger charge is 2.19. The molecule has 5 nitrogen and oxygen atoms in total. The van der Waals surface area contributed by atoms with Crippen LogP contribution in [0, 0.1) is 0 Å². The van der Waals surface area contributed by atoms with E-state index in [1.54, 1.807) is 6.20 Å². The molecule has 19 heavy (non-hydrogen) atoms. The molecule has 0 aliphatic carbocycles. The van der Waals surface area contributed by atoms with Crippen LogP contribution in [-0.2, 0) is 6.54 Å². The molecule has 5 heteroatoms. The van der Waals surface area contributed by atoms with Crippen LogP contribution in [0.5, 0.6) is 0 Å². The van der Waals surface area contributed by atoms with Crippen LogP contribution < -0.4 is 0 Å². The Morgan fingerprint density at radius 3 is 3.16 bits per heavy atom. The number of likely N-dealkylation sites (tertiary alicyclic amines) is 1. The Labute approximate surface area is 112 Å². The molecule has 1 aliphatic rings. The fourth-order valence-corrected chi connectivity index (χ4v) is 2.61. The maximum absolute atomic E-state index is 9.72. The molecule has 1 fully saturated rings. The molecule has 3 rings (SSSR count). The summed E-state index contributed by atoms with van der Waals surface area (Å²) in [6.45, 7) is 2.60. The Kier molecular flexibility index (Phi) is 3.57. The van der Waals surface area contributed by atoms with E-state index in [0.717, 1.165) is 49.3 Å². The van der Waals surface area contributed by atoms with Crippen LogP contribution in [0.3, 0.4) is 0 Å². The van der Waals surface area contributed by atoms with Gasteiger partial charge in [-0.05, 0) is 31.5 Å². The van der Waals surface area contributed by atoms with Gasteiger partial charge in [0.2, 0.25) is 0 Å². The molecule has 1 unspecified atom stereocenters. The van der Waals surface area contributed by atoms with Crippen LogP contribution in [-0.4, -0.2) is 44.4 Å². The van der Waals surface area contributed by atoms with Crippen molar-refractivity contribution in [2.45, 2.75) is 25.5 Å². The molecule has 2 aromatic heterocycles. The predicted molar refractivity (Wildman–Crippen MR) is 72.3 cm³/mol. The van der Waals surface area contributed by atoms with Gasteiger partial charge < -0.3 is 5.11 Å². The standard InChI is InChI=1S/C14H18N4O/c19-13-4-2-6-18(10-13)9-12-8-16-17-14(12)11-3-1-5-15-7-11/h1,3,5,7-8,13,19H,2,4,6,9-10H2,(H,16,17). The van der Waals surface area contributed by atoms with Gasteiger partial charge in [-0.25, -0.2) is 0 Å². The second kappa shape index (κ2) is 5.50. The van der Waals surface area contributed by atoms with E-state index in [4.69, 9.17) is 0 Å². The van der Waals surface area contributed by atoms with E-state index < -0.39 is 0 Å². The van der Waals surface area contributed by atoms with Crippen molar-refractivity contribution in [2.24, 2.45) is 0 Å². The number of β-amino-alcohol motifs (C(OH)–C–C–N with tert-alkyl or cyclic N) is 1. The minimum absolute atomic E-state index is 0.192. The average molecular weight is 258 g/mol. The monoisotopic (exact) mass is 258 g/mol. The fourth-order valence-electron chi connectivity index (χ4n) is 2.61. The molecule has 0 aromatic carbocycles. The number of rotatable bonds is 3. The van der Waals surface area contributed by atoms with Crippen molar-refractivity contribution in [1.82, 2.24) is 20.1 Å². The van der Waals surface area contributed by atoms with Gasteiger partial charge in [-0.2, -0.15) is 5.10 Å². The van der Waals surface area contributed by atoms with Crippen LogP contribution in [0.25, 0.3) is 11.3 Å². The Morgan fingerprint density at radius 1 is 1.42 bits per heavy atom. The maximum atomic E-state index is 9.72. The van der Waals surface area contributed by atoms with E-state index in [0.29, 0.717) is 0 Å². The molecule has 0 bridgehead atoms. The number of piperidine rings is 1. The van der Waals surface area contributed by atoms with E-state index in [2.05, 4.69) is 20.1 Å². The molecule has 2 N–H and O–H groups in total. The molecular formula is C14H18N4O. The average Bonchev–Trinajstić information content (AvgIpc) is 2.88. The number of hydrogen-bond acceptors (Lipinski definition) is 4. The van der Waals surface area contributed by atoms with Gasteiger partial charge in [-0.15, -0.1) is 0 Å². The van der Waals surface area contributed by atoms with Crippen molar-refractivity contribution < 1.29 is 5.11 Å². The Hall–Kier alpha value is -1.72. The zero-order valence-corrected chi connectivity index (χ0v) is 10.8. The summed E-state index contributed by atoms with van der Waals surface area (Å²) in [7, 11) is 0. The lowest BCUT2D eigenvalue weighted by atomic mass is 10.1. The lowest BCUT2D eigenvalue weighted by Gasteiger charge is -2.29. The van der Waals surface area contributed by atoms with E-state index in [1.807, 2.05) is 24.5 Å². The van der Waals surface area contributed by atoms with Crippen molar-refractivity contribution in [3.05, 3.63) is 36.3 Å². The smallest absolute Gasteiger partial charge is 0.0710 e. The van der Waals surface area contributed by atoms with Crippen molar-refractivity contribution >= 4 is 0 Å². The number of H-pyrrole nitrogens is 1. The quantitative estimate of drug-likeness (QED) is 0.874. The van der Waals surface area contributed by atoms with E-state index in [-0.39, 0.29) is 6.10 Å². The van der Waals surface area contributed by atoms with Crippen molar-refractivity contribution in [1.29, 1.82) is 0 Å². The van der Waals surface area contributed by atoms with Gasteiger partial charge in [-0.1, -0.05) is 0 Å². The minimum Gasteiger partial charge on any atom is -0.392 e. The van der Waals surface area contributed by atoms with Gasteiger partial charge in [0.25, 0.3) is 0 Å². The second-order valence-electron chi connectivity index (χ2n) is 5.04. The highest BCUT2D eigenvalue weighted by atomic mass is 16.3. The molecule has 1 aliphatic heterocycles. The lowest BCUT2D eigenvalue weighted by molar-refractivity contribution is 0.0669. The summed E-state index contributed by atoms with van der Waals surface area (Å²) in [6, 6.07) is 3.94. The van der Waals surface area contributed by atoms with Crippen molar-refractivity contribution in [2.75, 3.05) is 13.1 Å². The van der Waals surface area contributed by atoms with Crippen LogP contribution >= 0.6 is 0 Å². The summed E-state index contributed by atoms with van der Waals surface area (Å²) in [5.41, 5.74) is 3.22. The molecule has 3 heterocycles. The van der Waals surface area contributed by atoms with Crippen molar-refractivity contribution in [3.63, 3.8) is 0 Å². The van der Waals surface area contributed by atoms with Crippen LogP contribution in [0.4, 0.5) is 0 Å². The Balaban J connectivity index is 1.77. The van der Waals surface area contributed by atoms with E-state index >= 15 is 0 Å². The Morgan fingerprint density at radius 2 is 2.37 bits per heavy atom. The SMILES string of the molecule is OC1CCCN(Cc2cn[nH]c2-c2cccnc2)C1. The third-order valence-corrected chi connectivity index (χ3v) is 3.54. The number of nitrogens with zero attached hydrogens (tertiary/aromatic N) is 3. The summed E-state index contributed by atoms with van der Waals surface area (Å²) in [6.07, 6.45) is 7.24. The van der Waals surface area contributed by atoms with Gasteiger partial charge >= 0.3 is 0 Å². The highest BCUT2D eigenvalue weighted by Crippen LogP contribution is 2.22. The Bertz CT molecular complexity index is 525. The summed E-state index contributed by atoms with van der Waals surface area (Å²) in [5.74, 6) is 0. The molecule has 2 aromatic rings. The first kappa shape index (κ1) is 12.3. The van der Waals surface area contributed by atoms with Gasteiger partial charge in [0, 0.05) is 36.6 Å². The first-order valence-electron chi connectivity index (χ1n) is 6.66. The fraction of sp³-hybridized carbons (Fsp3) is 0.429. The van der Waals surface area contributed by atoms with E-state index in [1.165, 1.54) is 0 Å². The molecule has 0 amide bonds. The molecule has 1 saturated heterocycles. The summed E-state index contributed by atoms with van der Waals surface area (Å²) in [5, 5.41) is 16.9. The number of pyridine rings is 1. The summed E-state index contributed by atoms with van der Waals surface area (Å²) < 4.78 is 0. The summed E-state index contributed by atoms with van der Waals surface area (Å²) >= 11 is 0. The number of hydrogen-bond donors (Lipinski definition) is 2. The van der Waals surface area contributed by atoms with Gasteiger partial charge in [0.1, 0.15) is 0 Å². The second-order valence-corrected chi connectivity index (χ2v) is 5.04. The zero-order valence-electron chi connectivity index (χ0n) is 10.8. The lowest BCUT2D eigenvalue weighted by Crippen LogP contribution is -2.37. The first-order chi connectivity index (χ1) is 9.33. The molecule has 0 spiro atoms. The maximum Gasteiger partial charge on any atom is 0.0710 e. The minimum atomic E-state index is -0.192. The van der Waals surface area contributed by atoms with E-state index in [9.17, 15) is 5.11 Å². The third-order valence-electron chi connectivity index (χ3n) is 3.54. The molecule has 0 saturated carbocycles.